The maximum atomic E-state index is 11.0. The van der Waals surface area contributed by atoms with Gasteiger partial charge in [0.25, 0.3) is 0 Å². The average Bonchev–Trinajstić information content (AvgIpc) is 2.46. The van der Waals surface area contributed by atoms with E-state index in [1.807, 2.05) is 0 Å². The van der Waals surface area contributed by atoms with Gasteiger partial charge in [-0.15, -0.1) is 0 Å². The fraction of sp³-hybridized carbons (Fsp3) is 0.643. The highest BCUT2D eigenvalue weighted by Crippen LogP contribution is 2.18. The van der Waals surface area contributed by atoms with E-state index >= 15 is 0 Å². The molecule has 0 aromatic carbocycles. The van der Waals surface area contributed by atoms with E-state index < -0.39 is 0 Å². The molecule has 1 fully saturated rings. The second kappa shape index (κ2) is 7.55. The predicted octanol–water partition coefficient (Wildman–Crippen LogP) is 2.48. The van der Waals surface area contributed by atoms with Gasteiger partial charge in [0.1, 0.15) is 17.3 Å². The fourth-order valence-electron chi connectivity index (χ4n) is 2.54. The van der Waals surface area contributed by atoms with Crippen molar-refractivity contribution in [3.8, 4) is 0 Å². The first-order valence-electron chi connectivity index (χ1n) is 7.12. The van der Waals surface area contributed by atoms with E-state index in [0.29, 0.717) is 23.6 Å². The largest absolute Gasteiger partial charge is 0.369 e. The number of nitrogens with zero attached hydrogens (tertiary/aromatic N) is 3. The third-order valence-electron chi connectivity index (χ3n) is 3.59. The number of anilines is 1. The van der Waals surface area contributed by atoms with E-state index in [1.165, 1.54) is 38.7 Å². The summed E-state index contributed by atoms with van der Waals surface area (Å²) in [5, 5.41) is 3.40. The van der Waals surface area contributed by atoms with Crippen LogP contribution in [0.4, 0.5) is 5.82 Å². The van der Waals surface area contributed by atoms with Crippen molar-refractivity contribution in [1.29, 1.82) is 0 Å². The molecule has 2 heterocycles. The van der Waals surface area contributed by atoms with Gasteiger partial charge in [0.15, 0.2) is 6.29 Å². The topological polar surface area (TPSA) is 58.1 Å². The number of rotatable bonds is 6. The third-order valence-corrected chi connectivity index (χ3v) is 3.89. The van der Waals surface area contributed by atoms with Gasteiger partial charge < -0.3 is 10.2 Å². The average molecular weight is 297 g/mol. The van der Waals surface area contributed by atoms with Crippen LogP contribution in [0, 0.1) is 5.92 Å². The first-order valence-corrected chi connectivity index (χ1v) is 7.50. The Morgan fingerprint density at radius 2 is 2.15 bits per heavy atom. The van der Waals surface area contributed by atoms with Gasteiger partial charge in [0, 0.05) is 13.1 Å². The molecule has 110 valence electrons. The molecule has 2 rings (SSSR count). The first kappa shape index (κ1) is 15.2. The van der Waals surface area contributed by atoms with Crippen LogP contribution in [-0.4, -0.2) is 47.3 Å². The van der Waals surface area contributed by atoms with E-state index in [0.717, 1.165) is 13.1 Å². The smallest absolute Gasteiger partial charge is 0.156 e. The van der Waals surface area contributed by atoms with Crippen molar-refractivity contribution in [2.45, 2.75) is 26.2 Å². The monoisotopic (exact) mass is 296 g/mol. The number of aromatic nitrogens is 2. The van der Waals surface area contributed by atoms with Gasteiger partial charge in [-0.2, -0.15) is 0 Å². The van der Waals surface area contributed by atoms with E-state index in [9.17, 15) is 4.79 Å². The molecule has 0 spiro atoms. The Bertz CT molecular complexity index is 449. The van der Waals surface area contributed by atoms with E-state index in [1.54, 1.807) is 0 Å². The van der Waals surface area contributed by atoms with Crippen molar-refractivity contribution in [2.75, 3.05) is 31.5 Å². The molecule has 0 bridgehead atoms. The van der Waals surface area contributed by atoms with Crippen LogP contribution in [0.3, 0.4) is 0 Å². The molecule has 0 amide bonds. The molecule has 6 heteroatoms. The maximum absolute atomic E-state index is 11.0. The van der Waals surface area contributed by atoms with Gasteiger partial charge in [-0.25, -0.2) is 9.97 Å². The zero-order valence-electron chi connectivity index (χ0n) is 11.8. The van der Waals surface area contributed by atoms with Crippen molar-refractivity contribution in [2.24, 2.45) is 5.92 Å². The molecule has 0 saturated carbocycles. The molecule has 1 N–H and O–H groups in total. The van der Waals surface area contributed by atoms with Crippen molar-refractivity contribution in [1.82, 2.24) is 14.9 Å². The molecule has 1 atom stereocenters. The van der Waals surface area contributed by atoms with Crippen LogP contribution in [0.25, 0.3) is 0 Å². The molecule has 0 aliphatic carbocycles. The van der Waals surface area contributed by atoms with E-state index in [2.05, 4.69) is 27.1 Å². The normalized spacial score (nSPS) is 17.7. The van der Waals surface area contributed by atoms with Crippen LogP contribution in [0.2, 0.25) is 5.15 Å². The van der Waals surface area contributed by atoms with Crippen LogP contribution in [0.15, 0.2) is 6.33 Å². The van der Waals surface area contributed by atoms with E-state index in [-0.39, 0.29) is 5.15 Å². The molecular formula is C14H21ClN4O. The summed E-state index contributed by atoms with van der Waals surface area (Å²) in [4.78, 5) is 21.4. The summed E-state index contributed by atoms with van der Waals surface area (Å²) in [6.45, 7) is 6.43. The van der Waals surface area contributed by atoms with Gasteiger partial charge >= 0.3 is 0 Å². The number of aldehydes is 1. The number of hydrogen-bond donors (Lipinski definition) is 1. The number of carbonyl (C=O) groups excluding carboxylic acids is 1. The molecule has 0 radical (unpaired) electrons. The molecule has 5 nitrogen and oxygen atoms in total. The second-order valence-electron chi connectivity index (χ2n) is 5.39. The van der Waals surface area contributed by atoms with Gasteiger partial charge in [0.2, 0.25) is 0 Å². The number of hydrogen-bond acceptors (Lipinski definition) is 5. The lowest BCUT2D eigenvalue weighted by molar-refractivity contribution is 0.112. The molecule has 1 unspecified atom stereocenters. The van der Waals surface area contributed by atoms with Crippen LogP contribution >= 0.6 is 11.6 Å². The number of nitrogens with one attached hydrogen (secondary N) is 1. The Hall–Kier alpha value is -1.20. The van der Waals surface area contributed by atoms with Crippen molar-refractivity contribution in [3.63, 3.8) is 0 Å². The van der Waals surface area contributed by atoms with E-state index in [4.69, 9.17) is 11.6 Å². The van der Waals surface area contributed by atoms with Gasteiger partial charge in [-0.1, -0.05) is 24.9 Å². The minimum absolute atomic E-state index is 0.196. The first-order chi connectivity index (χ1) is 9.70. The highest BCUT2D eigenvalue weighted by Gasteiger charge is 2.14. The number of halogens is 1. The summed E-state index contributed by atoms with van der Waals surface area (Å²) in [6.07, 6.45) is 6.02. The Morgan fingerprint density at radius 3 is 2.85 bits per heavy atom. The third kappa shape index (κ3) is 4.15. The molecule has 1 saturated heterocycles. The SMILES string of the molecule is CC(CNc1ncnc(Cl)c1C=O)CN1CCCCC1. The molecule has 1 aliphatic rings. The van der Waals surface area contributed by atoms with Crippen LogP contribution in [0.5, 0.6) is 0 Å². The van der Waals surface area contributed by atoms with Gasteiger partial charge in [-0.05, 0) is 31.8 Å². The minimum atomic E-state index is 0.196. The molecular weight excluding hydrogens is 276 g/mol. The Morgan fingerprint density at radius 1 is 1.40 bits per heavy atom. The molecule has 1 aromatic heterocycles. The van der Waals surface area contributed by atoms with Crippen LogP contribution < -0.4 is 5.32 Å². The number of likely N-dealkylation sites (tertiary alicyclic amines) is 1. The lowest BCUT2D eigenvalue weighted by Crippen LogP contribution is -2.35. The zero-order chi connectivity index (χ0) is 14.4. The lowest BCUT2D eigenvalue weighted by Gasteiger charge is -2.29. The maximum Gasteiger partial charge on any atom is 0.156 e. The summed E-state index contributed by atoms with van der Waals surface area (Å²) in [5.74, 6) is 1.01. The van der Waals surface area contributed by atoms with Gasteiger partial charge in [0.05, 0.1) is 5.56 Å². The lowest BCUT2D eigenvalue weighted by atomic mass is 10.1. The van der Waals surface area contributed by atoms with Crippen LogP contribution in [-0.2, 0) is 0 Å². The van der Waals surface area contributed by atoms with Crippen molar-refractivity contribution >= 4 is 23.7 Å². The highest BCUT2D eigenvalue weighted by atomic mass is 35.5. The van der Waals surface area contributed by atoms with Gasteiger partial charge in [-0.3, -0.25) is 4.79 Å². The summed E-state index contributed by atoms with van der Waals surface area (Å²) >= 11 is 5.87. The number of carbonyl (C=O) groups is 1. The standard InChI is InChI=1S/C14H21ClN4O/c1-11(8-19-5-3-2-4-6-19)7-16-14-12(9-20)13(15)17-10-18-14/h9-11H,2-8H2,1H3,(H,16,17,18). The Labute approximate surface area is 124 Å². The molecule has 1 aromatic rings. The molecule has 20 heavy (non-hydrogen) atoms. The second-order valence-corrected chi connectivity index (χ2v) is 5.75. The van der Waals surface area contributed by atoms with Crippen molar-refractivity contribution in [3.05, 3.63) is 17.0 Å². The Balaban J connectivity index is 1.85. The molecule has 1 aliphatic heterocycles. The Kier molecular flexibility index (Phi) is 5.73. The fourth-order valence-corrected chi connectivity index (χ4v) is 2.72. The predicted molar refractivity (Wildman–Crippen MR) is 80.4 cm³/mol. The summed E-state index contributed by atoms with van der Waals surface area (Å²) in [6, 6.07) is 0. The summed E-state index contributed by atoms with van der Waals surface area (Å²) in [5.41, 5.74) is 0.333. The van der Waals surface area contributed by atoms with Crippen molar-refractivity contribution < 1.29 is 4.79 Å². The summed E-state index contributed by atoms with van der Waals surface area (Å²) < 4.78 is 0. The zero-order valence-corrected chi connectivity index (χ0v) is 12.6. The minimum Gasteiger partial charge on any atom is -0.369 e. The highest BCUT2D eigenvalue weighted by molar-refractivity contribution is 6.32. The summed E-state index contributed by atoms with van der Waals surface area (Å²) in [7, 11) is 0. The quantitative estimate of drug-likeness (QED) is 0.645. The number of piperidine rings is 1. The van der Waals surface area contributed by atoms with Crippen LogP contribution in [0.1, 0.15) is 36.5 Å².